The molecule has 168 valence electrons. The molecule has 2 aromatic rings. The van der Waals surface area contributed by atoms with Crippen LogP contribution in [-0.2, 0) is 15.8 Å². The second-order valence-corrected chi connectivity index (χ2v) is 7.95. The van der Waals surface area contributed by atoms with Gasteiger partial charge in [-0.05, 0) is 42.3 Å². The summed E-state index contributed by atoms with van der Waals surface area (Å²) < 4.78 is 49.5. The number of ether oxygens (including phenoxy) is 2. The third-order valence-corrected chi connectivity index (χ3v) is 6.05. The van der Waals surface area contributed by atoms with Gasteiger partial charge in [-0.2, -0.15) is 13.2 Å². The molecule has 32 heavy (non-hydrogen) atoms. The zero-order valence-electron chi connectivity index (χ0n) is 17.6. The fourth-order valence-corrected chi connectivity index (χ4v) is 4.53. The van der Waals surface area contributed by atoms with E-state index >= 15 is 0 Å². The quantitative estimate of drug-likeness (QED) is 0.739. The number of nitrogens with one attached hydrogen (secondary N) is 1. The lowest BCUT2D eigenvalue weighted by molar-refractivity contribution is -0.137. The van der Waals surface area contributed by atoms with E-state index in [4.69, 9.17) is 9.47 Å². The van der Waals surface area contributed by atoms with Gasteiger partial charge in [-0.1, -0.05) is 12.1 Å². The van der Waals surface area contributed by atoms with E-state index in [9.17, 15) is 22.8 Å². The number of Topliss-reactive ketones (excluding diaryl/α,β-unsaturated/α-hetero) is 1. The van der Waals surface area contributed by atoms with E-state index in [2.05, 4.69) is 5.32 Å². The number of halogens is 3. The van der Waals surface area contributed by atoms with Gasteiger partial charge in [-0.25, -0.2) is 0 Å². The van der Waals surface area contributed by atoms with Crippen molar-refractivity contribution in [3.05, 3.63) is 70.4 Å². The molecule has 1 heterocycles. The molecule has 0 aromatic heterocycles. The summed E-state index contributed by atoms with van der Waals surface area (Å²) in [4.78, 5) is 25.6. The van der Waals surface area contributed by atoms with Crippen molar-refractivity contribution >= 4 is 11.7 Å². The number of amides is 1. The predicted octanol–water partition coefficient (Wildman–Crippen LogP) is 4.73. The topological polar surface area (TPSA) is 64.6 Å². The van der Waals surface area contributed by atoms with Gasteiger partial charge >= 0.3 is 6.18 Å². The molecule has 1 aliphatic carbocycles. The zero-order valence-corrected chi connectivity index (χ0v) is 17.6. The van der Waals surface area contributed by atoms with Crippen LogP contribution in [-0.4, -0.2) is 25.9 Å². The number of rotatable bonds is 4. The highest BCUT2D eigenvalue weighted by Gasteiger charge is 2.39. The number of hydrogen-bond donors (Lipinski definition) is 1. The Kier molecular flexibility index (Phi) is 5.71. The average Bonchev–Trinajstić information content (AvgIpc) is 2.77. The predicted molar refractivity (Wildman–Crippen MR) is 110 cm³/mol. The first-order chi connectivity index (χ1) is 15.2. The molecule has 1 aliphatic heterocycles. The summed E-state index contributed by atoms with van der Waals surface area (Å²) in [5.41, 5.74) is 1.55. The van der Waals surface area contributed by atoms with E-state index in [1.807, 2.05) is 6.07 Å². The van der Waals surface area contributed by atoms with Crippen LogP contribution in [0.5, 0.6) is 11.5 Å². The van der Waals surface area contributed by atoms with E-state index in [0.717, 1.165) is 17.7 Å². The molecule has 1 amide bonds. The number of benzene rings is 2. The van der Waals surface area contributed by atoms with Gasteiger partial charge in [0.15, 0.2) is 5.78 Å². The van der Waals surface area contributed by atoms with Crippen molar-refractivity contribution in [2.24, 2.45) is 0 Å². The second-order valence-electron chi connectivity index (χ2n) is 7.95. The Bertz CT molecular complexity index is 1090. The Hall–Kier alpha value is -3.29. The van der Waals surface area contributed by atoms with E-state index in [1.165, 1.54) is 12.1 Å². The number of hydrogen-bond acceptors (Lipinski definition) is 4. The number of allylic oxidation sites excluding steroid dienone is 2. The molecule has 0 radical (unpaired) electrons. The number of carbonyl (C=O) groups excluding carboxylic acids is 2. The third kappa shape index (κ3) is 4.09. The monoisotopic (exact) mass is 445 g/mol. The highest BCUT2D eigenvalue weighted by Crippen LogP contribution is 2.45. The summed E-state index contributed by atoms with van der Waals surface area (Å²) in [6, 6.07) is 10.0. The van der Waals surface area contributed by atoms with Gasteiger partial charge in [0.25, 0.3) is 0 Å². The van der Waals surface area contributed by atoms with Crippen molar-refractivity contribution in [3.8, 4) is 11.5 Å². The molecular formula is C24H22F3NO4. The highest BCUT2D eigenvalue weighted by molar-refractivity contribution is 6.02. The first-order valence-electron chi connectivity index (χ1n) is 10.2. The van der Waals surface area contributed by atoms with Gasteiger partial charge in [0.05, 0.1) is 19.8 Å². The molecule has 0 spiro atoms. The van der Waals surface area contributed by atoms with Gasteiger partial charge in [-0.3, -0.25) is 9.59 Å². The molecule has 0 saturated carbocycles. The Morgan fingerprint density at radius 1 is 0.938 bits per heavy atom. The average molecular weight is 445 g/mol. The molecule has 0 saturated heterocycles. The number of ketones is 1. The lowest BCUT2D eigenvalue weighted by Crippen LogP contribution is -2.38. The minimum Gasteiger partial charge on any atom is -0.497 e. The van der Waals surface area contributed by atoms with Crippen LogP contribution in [0.3, 0.4) is 0 Å². The first-order valence-corrected chi connectivity index (χ1v) is 10.2. The number of carbonyl (C=O) groups is 2. The summed E-state index contributed by atoms with van der Waals surface area (Å²) in [6.45, 7) is 0. The summed E-state index contributed by atoms with van der Waals surface area (Å²) >= 11 is 0. The molecule has 4 rings (SSSR count). The van der Waals surface area contributed by atoms with Crippen LogP contribution in [0.15, 0.2) is 53.7 Å². The molecule has 0 fully saturated rings. The number of alkyl halides is 3. The van der Waals surface area contributed by atoms with Crippen LogP contribution in [0.4, 0.5) is 13.2 Å². The van der Waals surface area contributed by atoms with Crippen LogP contribution in [0.2, 0.25) is 0 Å². The summed E-state index contributed by atoms with van der Waals surface area (Å²) in [7, 11) is 3.10. The molecule has 0 bridgehead atoms. The van der Waals surface area contributed by atoms with E-state index in [1.54, 1.807) is 26.4 Å². The molecular weight excluding hydrogens is 423 g/mol. The van der Waals surface area contributed by atoms with Gasteiger partial charge < -0.3 is 14.8 Å². The van der Waals surface area contributed by atoms with Gasteiger partial charge in [0.2, 0.25) is 5.91 Å². The molecule has 8 heteroatoms. The van der Waals surface area contributed by atoms with E-state index < -0.39 is 17.7 Å². The smallest absolute Gasteiger partial charge is 0.416 e. The summed E-state index contributed by atoms with van der Waals surface area (Å²) in [5.74, 6) is 0.0581. The van der Waals surface area contributed by atoms with Crippen LogP contribution >= 0.6 is 0 Å². The lowest BCUT2D eigenvalue weighted by atomic mass is 9.73. The van der Waals surface area contributed by atoms with Crippen molar-refractivity contribution in [1.29, 1.82) is 0 Å². The zero-order chi connectivity index (χ0) is 23.0. The Balaban J connectivity index is 1.70. The van der Waals surface area contributed by atoms with Crippen molar-refractivity contribution in [2.75, 3.05) is 14.2 Å². The maximum atomic E-state index is 13.2. The highest BCUT2D eigenvalue weighted by atomic mass is 19.4. The van der Waals surface area contributed by atoms with Gasteiger partial charge in [0.1, 0.15) is 11.5 Å². The molecule has 2 atom stereocenters. The van der Waals surface area contributed by atoms with Crippen LogP contribution < -0.4 is 14.8 Å². The van der Waals surface area contributed by atoms with Crippen molar-refractivity contribution in [3.63, 3.8) is 0 Å². The van der Waals surface area contributed by atoms with Crippen LogP contribution in [0, 0.1) is 0 Å². The standard InChI is InChI=1S/C24H22F3NO4/c1-31-16-7-8-21(32-2)17(11-16)14-9-19-23(20(29)10-14)18(12-22(30)28-19)13-3-5-15(6-4-13)24(25,26)27/h3-8,11,14,18H,9-10,12H2,1-2H3,(H,28,30)/t14-,18-/m0/s1. The van der Waals surface area contributed by atoms with Crippen molar-refractivity contribution in [2.45, 2.75) is 37.3 Å². The van der Waals surface area contributed by atoms with Gasteiger partial charge in [0, 0.05) is 41.5 Å². The molecule has 2 aliphatic rings. The van der Waals surface area contributed by atoms with Crippen LogP contribution in [0.25, 0.3) is 0 Å². The fraction of sp³-hybridized carbons (Fsp3) is 0.333. The second kappa shape index (κ2) is 8.33. The Labute approximate surface area is 183 Å². The normalized spacial score (nSPS) is 21.2. The minimum atomic E-state index is -4.45. The van der Waals surface area contributed by atoms with Crippen molar-refractivity contribution < 1.29 is 32.2 Å². The maximum Gasteiger partial charge on any atom is 0.416 e. The van der Waals surface area contributed by atoms with Crippen LogP contribution in [0.1, 0.15) is 47.8 Å². The molecule has 1 N–H and O–H groups in total. The lowest BCUT2D eigenvalue weighted by Gasteiger charge is -2.35. The Morgan fingerprint density at radius 3 is 2.28 bits per heavy atom. The summed E-state index contributed by atoms with van der Waals surface area (Å²) in [5, 5.41) is 2.82. The fourth-order valence-electron chi connectivity index (χ4n) is 4.53. The van der Waals surface area contributed by atoms with Gasteiger partial charge in [-0.15, -0.1) is 0 Å². The maximum absolute atomic E-state index is 13.2. The third-order valence-electron chi connectivity index (χ3n) is 6.05. The molecule has 5 nitrogen and oxygen atoms in total. The van der Waals surface area contributed by atoms with E-state index in [0.29, 0.717) is 34.8 Å². The SMILES string of the molecule is COc1ccc(OC)c([C@@H]2CC(=O)C3=C(C2)NC(=O)C[C@H]3c2ccc(C(F)(F)F)cc2)c1. The summed E-state index contributed by atoms with van der Waals surface area (Å²) in [6.07, 6.45) is -3.82. The Morgan fingerprint density at radius 2 is 1.66 bits per heavy atom. The first kappa shape index (κ1) is 21.9. The van der Waals surface area contributed by atoms with E-state index in [-0.39, 0.29) is 30.4 Å². The largest absolute Gasteiger partial charge is 0.497 e. The molecule has 0 unspecified atom stereocenters. The molecule has 2 aromatic carbocycles. The number of methoxy groups -OCH3 is 2. The van der Waals surface area contributed by atoms with Crippen molar-refractivity contribution in [1.82, 2.24) is 5.32 Å². The minimum absolute atomic E-state index is 0.0169.